The molecule has 0 N–H and O–H groups in total. The molecule has 1 rings (SSSR count). The average Bonchev–Trinajstić information content (AvgIpc) is 1.69. The van der Waals surface area contributed by atoms with Crippen molar-refractivity contribution < 1.29 is 0 Å². The number of aromatic nitrogens is 1. The van der Waals surface area contributed by atoms with E-state index in [4.69, 9.17) is 0 Å². The Hall–Kier alpha value is -0.500. The van der Waals surface area contributed by atoms with E-state index >= 15 is 0 Å². The standard InChI is InChI=1S/C5H4NS/c7-5-2-1-3-6-4-5/h2-4,7H. The van der Waals surface area contributed by atoms with Crippen LogP contribution in [-0.4, -0.2) is 4.98 Å². The fourth-order valence-electron chi connectivity index (χ4n) is 0.317. The Balaban J connectivity index is 3.02. The maximum Gasteiger partial charge on any atom is 0.0401 e. The van der Waals surface area contributed by atoms with Crippen LogP contribution < -0.4 is 0 Å². The van der Waals surface area contributed by atoms with E-state index in [-0.39, 0.29) is 0 Å². The molecule has 1 aromatic heterocycles. The first-order valence-corrected chi connectivity index (χ1v) is 2.34. The van der Waals surface area contributed by atoms with E-state index < -0.39 is 0 Å². The van der Waals surface area contributed by atoms with Crippen molar-refractivity contribution in [1.29, 1.82) is 0 Å². The predicted octanol–water partition coefficient (Wildman–Crippen LogP) is 1.17. The van der Waals surface area contributed by atoms with Crippen molar-refractivity contribution in [2.75, 3.05) is 0 Å². The van der Waals surface area contributed by atoms with Crippen molar-refractivity contribution in [2.45, 2.75) is 4.90 Å². The van der Waals surface area contributed by atoms with Gasteiger partial charge in [-0.2, -0.15) is 0 Å². The van der Waals surface area contributed by atoms with Crippen molar-refractivity contribution in [1.82, 2.24) is 4.98 Å². The van der Waals surface area contributed by atoms with Crippen LogP contribution in [0.5, 0.6) is 0 Å². The minimum atomic E-state index is 0.850. The molecule has 0 aliphatic carbocycles. The lowest BCUT2D eigenvalue weighted by molar-refractivity contribution is 1.24. The zero-order valence-electron chi connectivity index (χ0n) is 3.63. The summed E-state index contributed by atoms with van der Waals surface area (Å²) in [4.78, 5) is 4.60. The Morgan fingerprint density at radius 2 is 2.57 bits per heavy atom. The second kappa shape index (κ2) is 1.98. The van der Waals surface area contributed by atoms with E-state index in [0.717, 1.165) is 4.90 Å². The SMILES string of the molecule is Sc1c[c]cnc1. The van der Waals surface area contributed by atoms with Gasteiger partial charge in [-0.3, -0.25) is 4.98 Å². The molecule has 0 saturated carbocycles. The molecule has 7 heavy (non-hydrogen) atoms. The van der Waals surface area contributed by atoms with Crippen LogP contribution in [0.25, 0.3) is 0 Å². The molecule has 0 aliphatic heterocycles. The molecule has 0 atom stereocenters. The Bertz CT molecular complexity index is 138. The van der Waals surface area contributed by atoms with Gasteiger partial charge in [-0.05, 0) is 6.07 Å². The third kappa shape index (κ3) is 1.20. The summed E-state index contributed by atoms with van der Waals surface area (Å²) in [6.07, 6.45) is 3.26. The summed E-state index contributed by atoms with van der Waals surface area (Å²) >= 11 is 3.99. The quantitative estimate of drug-likeness (QED) is 0.495. The highest BCUT2D eigenvalue weighted by Crippen LogP contribution is 1.97. The van der Waals surface area contributed by atoms with Gasteiger partial charge in [0.25, 0.3) is 0 Å². The van der Waals surface area contributed by atoms with E-state index in [1.807, 2.05) is 0 Å². The van der Waals surface area contributed by atoms with Crippen LogP contribution in [0.2, 0.25) is 0 Å². The zero-order chi connectivity index (χ0) is 5.11. The van der Waals surface area contributed by atoms with Gasteiger partial charge in [0, 0.05) is 23.4 Å². The van der Waals surface area contributed by atoms with Gasteiger partial charge in [0.15, 0.2) is 0 Å². The van der Waals surface area contributed by atoms with Gasteiger partial charge in [0.05, 0.1) is 0 Å². The van der Waals surface area contributed by atoms with E-state index in [0.29, 0.717) is 0 Å². The Morgan fingerprint density at radius 3 is 2.86 bits per heavy atom. The third-order valence-corrected chi connectivity index (χ3v) is 0.832. The number of nitrogens with zero attached hydrogens (tertiary/aromatic N) is 1. The molecule has 0 bridgehead atoms. The number of hydrogen-bond acceptors (Lipinski definition) is 2. The van der Waals surface area contributed by atoms with Crippen LogP contribution in [-0.2, 0) is 0 Å². The molecule has 0 aliphatic rings. The van der Waals surface area contributed by atoms with Crippen LogP contribution in [0.4, 0.5) is 0 Å². The van der Waals surface area contributed by atoms with Gasteiger partial charge in [0.2, 0.25) is 0 Å². The summed E-state index contributed by atoms with van der Waals surface area (Å²) in [6.45, 7) is 0. The molecular weight excluding hydrogens is 106 g/mol. The minimum absolute atomic E-state index is 0.850. The molecule has 0 unspecified atom stereocenters. The largest absolute Gasteiger partial charge is 0.263 e. The second-order valence-corrected chi connectivity index (χ2v) is 1.66. The zero-order valence-corrected chi connectivity index (χ0v) is 4.52. The van der Waals surface area contributed by atoms with Gasteiger partial charge in [-0.25, -0.2) is 0 Å². The van der Waals surface area contributed by atoms with Crippen molar-refractivity contribution in [3.05, 3.63) is 24.5 Å². The van der Waals surface area contributed by atoms with Gasteiger partial charge >= 0.3 is 0 Å². The summed E-state index contributed by atoms with van der Waals surface area (Å²) in [7, 11) is 0. The summed E-state index contributed by atoms with van der Waals surface area (Å²) in [5.74, 6) is 0. The van der Waals surface area contributed by atoms with Crippen LogP contribution >= 0.6 is 12.6 Å². The molecule has 0 fully saturated rings. The molecule has 1 aromatic rings. The number of pyridine rings is 1. The van der Waals surface area contributed by atoms with Gasteiger partial charge in [0.1, 0.15) is 0 Å². The fourth-order valence-corrected chi connectivity index (χ4v) is 0.458. The lowest BCUT2D eigenvalue weighted by Crippen LogP contribution is -1.66. The van der Waals surface area contributed by atoms with Crippen molar-refractivity contribution in [3.8, 4) is 0 Å². The van der Waals surface area contributed by atoms with Crippen LogP contribution in [0.15, 0.2) is 23.4 Å². The second-order valence-electron chi connectivity index (χ2n) is 1.14. The van der Waals surface area contributed by atoms with E-state index in [2.05, 4.69) is 23.7 Å². The first kappa shape index (κ1) is 4.65. The lowest BCUT2D eigenvalue weighted by atomic mass is 10.5. The summed E-state index contributed by atoms with van der Waals surface area (Å²) in [6, 6.07) is 4.53. The summed E-state index contributed by atoms with van der Waals surface area (Å²) < 4.78 is 0. The molecule has 2 heteroatoms. The van der Waals surface area contributed by atoms with Crippen LogP contribution in [0.3, 0.4) is 0 Å². The van der Waals surface area contributed by atoms with Crippen molar-refractivity contribution >= 4 is 12.6 Å². The molecule has 0 spiro atoms. The first-order chi connectivity index (χ1) is 3.39. The molecule has 1 radical (unpaired) electrons. The maximum absolute atomic E-state index is 3.99. The molecule has 0 amide bonds. The molecule has 35 valence electrons. The Labute approximate surface area is 47.8 Å². The Kier molecular flexibility index (Phi) is 1.32. The summed E-state index contributed by atoms with van der Waals surface area (Å²) in [5.41, 5.74) is 0. The fraction of sp³-hybridized carbons (Fsp3) is 0. The Morgan fingerprint density at radius 1 is 1.71 bits per heavy atom. The minimum Gasteiger partial charge on any atom is -0.263 e. The average molecular weight is 110 g/mol. The van der Waals surface area contributed by atoms with Gasteiger partial charge in [-0.15, -0.1) is 12.6 Å². The monoisotopic (exact) mass is 110 g/mol. The van der Waals surface area contributed by atoms with E-state index in [1.54, 1.807) is 18.5 Å². The molecule has 1 heterocycles. The predicted molar refractivity (Wildman–Crippen MR) is 30.3 cm³/mol. The number of rotatable bonds is 0. The maximum atomic E-state index is 3.99. The molecule has 0 saturated heterocycles. The van der Waals surface area contributed by atoms with Gasteiger partial charge < -0.3 is 0 Å². The van der Waals surface area contributed by atoms with Crippen molar-refractivity contribution in [2.24, 2.45) is 0 Å². The smallest absolute Gasteiger partial charge is 0.0401 e. The van der Waals surface area contributed by atoms with E-state index in [1.165, 1.54) is 0 Å². The van der Waals surface area contributed by atoms with Crippen LogP contribution in [0, 0.1) is 6.07 Å². The van der Waals surface area contributed by atoms with Crippen molar-refractivity contribution in [3.63, 3.8) is 0 Å². The van der Waals surface area contributed by atoms with E-state index in [9.17, 15) is 0 Å². The molecular formula is C5H4NS. The molecule has 1 nitrogen and oxygen atoms in total. The normalized spacial score (nSPS) is 8.71. The number of hydrogen-bond donors (Lipinski definition) is 1. The number of thiol groups is 1. The topological polar surface area (TPSA) is 12.9 Å². The lowest BCUT2D eigenvalue weighted by Gasteiger charge is -1.80. The van der Waals surface area contributed by atoms with Crippen LogP contribution in [0.1, 0.15) is 0 Å². The highest BCUT2D eigenvalue weighted by molar-refractivity contribution is 7.80. The third-order valence-electron chi connectivity index (χ3n) is 0.587. The first-order valence-electron chi connectivity index (χ1n) is 1.89. The molecule has 0 aromatic carbocycles. The highest BCUT2D eigenvalue weighted by Gasteiger charge is 1.74. The van der Waals surface area contributed by atoms with Gasteiger partial charge in [-0.1, -0.05) is 0 Å². The summed E-state index contributed by atoms with van der Waals surface area (Å²) in [5, 5.41) is 0. The highest BCUT2D eigenvalue weighted by atomic mass is 32.1.